The van der Waals surface area contributed by atoms with Crippen LogP contribution in [-0.4, -0.2) is 48.2 Å². The van der Waals surface area contributed by atoms with Crippen molar-refractivity contribution in [2.45, 2.75) is 45.6 Å². The van der Waals surface area contributed by atoms with E-state index < -0.39 is 0 Å². The molecule has 4 nitrogen and oxygen atoms in total. The summed E-state index contributed by atoms with van der Waals surface area (Å²) >= 11 is 0. The van der Waals surface area contributed by atoms with Crippen LogP contribution in [0.25, 0.3) is 0 Å². The zero-order valence-corrected chi connectivity index (χ0v) is 11.1. The van der Waals surface area contributed by atoms with E-state index >= 15 is 0 Å². The molecule has 1 aliphatic rings. The van der Waals surface area contributed by atoms with Gasteiger partial charge in [0.05, 0.1) is 0 Å². The summed E-state index contributed by atoms with van der Waals surface area (Å²) in [7, 11) is 0. The van der Waals surface area contributed by atoms with Crippen LogP contribution in [0.3, 0.4) is 0 Å². The number of amides is 1. The molecule has 2 N–H and O–H groups in total. The maximum atomic E-state index is 11.8. The average molecular weight is 242 g/mol. The second-order valence-electron chi connectivity index (χ2n) is 4.89. The number of aliphatic hydroxyl groups excluding tert-OH is 1. The van der Waals surface area contributed by atoms with E-state index in [1.807, 2.05) is 11.8 Å². The molecule has 0 spiro atoms. The number of hydrogen-bond donors (Lipinski definition) is 2. The zero-order valence-electron chi connectivity index (χ0n) is 11.1. The first-order chi connectivity index (χ1) is 8.21. The fourth-order valence-electron chi connectivity index (χ4n) is 2.46. The van der Waals surface area contributed by atoms with Gasteiger partial charge < -0.3 is 15.3 Å². The Bertz CT molecular complexity index is 233. The van der Waals surface area contributed by atoms with Gasteiger partial charge in [-0.1, -0.05) is 20.3 Å². The SMILES string of the molecule is CCC(=O)N1CC(CC)CC(NCCCO)C1. The Kier molecular flexibility index (Phi) is 6.52. The number of carbonyl (C=O) groups excluding carboxylic acids is 1. The van der Waals surface area contributed by atoms with Crippen molar-refractivity contribution in [1.82, 2.24) is 10.2 Å². The van der Waals surface area contributed by atoms with E-state index in [2.05, 4.69) is 12.2 Å². The third kappa shape index (κ3) is 4.64. The first kappa shape index (κ1) is 14.5. The van der Waals surface area contributed by atoms with Gasteiger partial charge in [-0.2, -0.15) is 0 Å². The topological polar surface area (TPSA) is 52.6 Å². The minimum absolute atomic E-state index is 0.231. The van der Waals surface area contributed by atoms with Crippen LogP contribution in [0.4, 0.5) is 0 Å². The van der Waals surface area contributed by atoms with Gasteiger partial charge >= 0.3 is 0 Å². The molecule has 1 amide bonds. The van der Waals surface area contributed by atoms with Gasteiger partial charge in [-0.3, -0.25) is 4.79 Å². The molecule has 1 heterocycles. The zero-order chi connectivity index (χ0) is 12.7. The highest BCUT2D eigenvalue weighted by Gasteiger charge is 2.27. The van der Waals surface area contributed by atoms with Gasteiger partial charge in [0.1, 0.15) is 0 Å². The molecule has 2 atom stereocenters. The van der Waals surface area contributed by atoms with Gasteiger partial charge in [0.15, 0.2) is 0 Å². The van der Waals surface area contributed by atoms with Crippen molar-refractivity contribution in [3.8, 4) is 0 Å². The Balaban J connectivity index is 2.45. The fraction of sp³-hybridized carbons (Fsp3) is 0.923. The minimum Gasteiger partial charge on any atom is -0.396 e. The van der Waals surface area contributed by atoms with Crippen molar-refractivity contribution in [2.75, 3.05) is 26.2 Å². The lowest BCUT2D eigenvalue weighted by Gasteiger charge is -2.38. The molecule has 0 bridgehead atoms. The number of carbonyl (C=O) groups is 1. The molecule has 1 rings (SSSR count). The van der Waals surface area contributed by atoms with Crippen LogP contribution in [0.5, 0.6) is 0 Å². The molecule has 100 valence electrons. The maximum Gasteiger partial charge on any atom is 0.222 e. The van der Waals surface area contributed by atoms with Crippen LogP contribution >= 0.6 is 0 Å². The Morgan fingerprint density at radius 2 is 2.18 bits per heavy atom. The first-order valence-electron chi connectivity index (χ1n) is 6.83. The third-order valence-corrected chi connectivity index (χ3v) is 3.54. The van der Waals surface area contributed by atoms with Crippen LogP contribution < -0.4 is 5.32 Å². The number of nitrogens with zero attached hydrogens (tertiary/aromatic N) is 1. The van der Waals surface area contributed by atoms with Gasteiger partial charge in [-0.15, -0.1) is 0 Å². The number of likely N-dealkylation sites (tertiary alicyclic amines) is 1. The number of aliphatic hydroxyl groups is 1. The Morgan fingerprint density at radius 3 is 2.76 bits per heavy atom. The van der Waals surface area contributed by atoms with Crippen molar-refractivity contribution in [2.24, 2.45) is 5.92 Å². The van der Waals surface area contributed by atoms with Gasteiger partial charge in [0.2, 0.25) is 5.91 Å². The van der Waals surface area contributed by atoms with Gasteiger partial charge in [-0.25, -0.2) is 0 Å². The summed E-state index contributed by atoms with van der Waals surface area (Å²) in [6, 6.07) is 0.399. The van der Waals surface area contributed by atoms with Crippen molar-refractivity contribution in [1.29, 1.82) is 0 Å². The Labute approximate surface area is 104 Å². The van der Waals surface area contributed by atoms with E-state index in [4.69, 9.17) is 5.11 Å². The largest absolute Gasteiger partial charge is 0.396 e. The van der Waals surface area contributed by atoms with Crippen molar-refractivity contribution in [3.05, 3.63) is 0 Å². The number of piperidine rings is 1. The molecule has 0 aromatic rings. The quantitative estimate of drug-likeness (QED) is 0.683. The molecule has 2 unspecified atom stereocenters. The maximum absolute atomic E-state index is 11.8. The van der Waals surface area contributed by atoms with E-state index in [0.717, 1.165) is 38.9 Å². The predicted octanol–water partition coefficient (Wildman–Crippen LogP) is 0.995. The standard InChI is InChI=1S/C13H26N2O2/c1-3-11-8-12(14-6-5-7-16)10-15(9-11)13(17)4-2/h11-12,14,16H,3-10H2,1-2H3. The van der Waals surface area contributed by atoms with E-state index in [1.54, 1.807) is 0 Å². The average Bonchev–Trinajstić information content (AvgIpc) is 2.37. The van der Waals surface area contributed by atoms with Gasteiger partial charge in [-0.05, 0) is 25.3 Å². The molecule has 0 aliphatic carbocycles. The van der Waals surface area contributed by atoms with Crippen LogP contribution in [0, 0.1) is 5.92 Å². The van der Waals surface area contributed by atoms with Crippen LogP contribution in [0.15, 0.2) is 0 Å². The molecule has 0 radical (unpaired) electrons. The molecule has 1 saturated heterocycles. The van der Waals surface area contributed by atoms with Crippen LogP contribution in [0.2, 0.25) is 0 Å². The summed E-state index contributed by atoms with van der Waals surface area (Å²) in [5.41, 5.74) is 0. The number of rotatable bonds is 6. The van der Waals surface area contributed by atoms with Crippen molar-refractivity contribution < 1.29 is 9.90 Å². The molecular weight excluding hydrogens is 216 g/mol. The summed E-state index contributed by atoms with van der Waals surface area (Å²) in [5, 5.41) is 12.2. The Hall–Kier alpha value is -0.610. The second kappa shape index (κ2) is 7.67. The minimum atomic E-state index is 0.231. The van der Waals surface area contributed by atoms with Crippen LogP contribution in [-0.2, 0) is 4.79 Å². The molecule has 0 aromatic heterocycles. The number of hydrogen-bond acceptors (Lipinski definition) is 3. The lowest BCUT2D eigenvalue weighted by atomic mass is 9.92. The van der Waals surface area contributed by atoms with Crippen molar-refractivity contribution >= 4 is 5.91 Å². The lowest BCUT2D eigenvalue weighted by molar-refractivity contribution is -0.133. The summed E-state index contributed by atoms with van der Waals surface area (Å²) in [6.07, 6.45) is 3.66. The summed E-state index contributed by atoms with van der Waals surface area (Å²) in [5.74, 6) is 0.878. The molecule has 0 saturated carbocycles. The van der Waals surface area contributed by atoms with E-state index in [1.165, 1.54) is 0 Å². The summed E-state index contributed by atoms with van der Waals surface area (Å²) in [4.78, 5) is 13.8. The lowest BCUT2D eigenvalue weighted by Crippen LogP contribution is -2.51. The van der Waals surface area contributed by atoms with E-state index in [-0.39, 0.29) is 12.5 Å². The summed E-state index contributed by atoms with van der Waals surface area (Å²) < 4.78 is 0. The molecule has 4 heteroatoms. The smallest absolute Gasteiger partial charge is 0.222 e. The first-order valence-corrected chi connectivity index (χ1v) is 6.83. The molecule has 0 aromatic carbocycles. The van der Waals surface area contributed by atoms with Crippen molar-refractivity contribution in [3.63, 3.8) is 0 Å². The van der Waals surface area contributed by atoms with E-state index in [9.17, 15) is 4.79 Å². The second-order valence-corrected chi connectivity index (χ2v) is 4.89. The molecular formula is C13H26N2O2. The van der Waals surface area contributed by atoms with Gasteiger partial charge in [0.25, 0.3) is 0 Å². The van der Waals surface area contributed by atoms with Gasteiger partial charge in [0, 0.05) is 32.2 Å². The normalized spacial score (nSPS) is 25.0. The highest BCUT2D eigenvalue weighted by atomic mass is 16.3. The molecule has 17 heavy (non-hydrogen) atoms. The van der Waals surface area contributed by atoms with Crippen LogP contribution in [0.1, 0.15) is 39.5 Å². The Morgan fingerprint density at radius 1 is 1.41 bits per heavy atom. The monoisotopic (exact) mass is 242 g/mol. The molecule has 1 fully saturated rings. The highest BCUT2D eigenvalue weighted by Crippen LogP contribution is 2.20. The highest BCUT2D eigenvalue weighted by molar-refractivity contribution is 5.76. The van der Waals surface area contributed by atoms with E-state index in [0.29, 0.717) is 18.4 Å². The predicted molar refractivity (Wildman–Crippen MR) is 68.8 cm³/mol. The fourth-order valence-corrected chi connectivity index (χ4v) is 2.46. The number of nitrogens with one attached hydrogen (secondary N) is 1. The molecule has 1 aliphatic heterocycles. The summed E-state index contributed by atoms with van der Waals surface area (Å²) in [6.45, 7) is 6.93. The third-order valence-electron chi connectivity index (χ3n) is 3.54.